The maximum absolute atomic E-state index is 3.88. The second-order valence-corrected chi connectivity index (χ2v) is 3.74. The fourth-order valence-electron chi connectivity index (χ4n) is 1.76. The van der Waals surface area contributed by atoms with Gasteiger partial charge in [0.1, 0.15) is 0 Å². The van der Waals surface area contributed by atoms with Crippen molar-refractivity contribution in [3.05, 3.63) is 48.4 Å². The van der Waals surface area contributed by atoms with Crippen molar-refractivity contribution in [2.75, 3.05) is 5.32 Å². The summed E-state index contributed by atoms with van der Waals surface area (Å²) in [5, 5.41) is 11.2. The van der Waals surface area contributed by atoms with Crippen LogP contribution in [0.4, 0.5) is 5.69 Å². The first-order chi connectivity index (χ1) is 7.92. The molecule has 0 bridgehead atoms. The first-order valence-electron chi connectivity index (χ1n) is 5.20. The first-order valence-corrected chi connectivity index (χ1v) is 5.20. The molecule has 3 N–H and O–H groups in total. The van der Waals surface area contributed by atoms with Crippen LogP contribution in [0.25, 0.3) is 10.9 Å². The Morgan fingerprint density at radius 1 is 1.25 bits per heavy atom. The van der Waals surface area contributed by atoms with Crippen LogP contribution in [0.1, 0.15) is 5.56 Å². The molecule has 0 atom stereocenters. The SMILES string of the molecule is c1cc2cc(CNc3cn[nH]c3)ccc2[nH]1. The van der Waals surface area contributed by atoms with Crippen LogP contribution < -0.4 is 5.32 Å². The summed E-state index contributed by atoms with van der Waals surface area (Å²) in [6.45, 7) is 0.806. The highest BCUT2D eigenvalue weighted by atomic mass is 15.1. The molecule has 1 aromatic carbocycles. The lowest BCUT2D eigenvalue weighted by Crippen LogP contribution is -1.97. The third-order valence-electron chi connectivity index (χ3n) is 2.61. The summed E-state index contributed by atoms with van der Waals surface area (Å²) in [5.41, 5.74) is 3.44. The molecule has 2 heterocycles. The van der Waals surface area contributed by atoms with Gasteiger partial charge in [0.2, 0.25) is 0 Å². The van der Waals surface area contributed by atoms with E-state index in [-0.39, 0.29) is 0 Å². The van der Waals surface area contributed by atoms with Crippen LogP contribution in [-0.4, -0.2) is 15.2 Å². The normalized spacial score (nSPS) is 10.8. The molecule has 0 saturated carbocycles. The van der Waals surface area contributed by atoms with Gasteiger partial charge in [0.05, 0.1) is 11.9 Å². The Kier molecular flexibility index (Phi) is 2.11. The highest BCUT2D eigenvalue weighted by Gasteiger charge is 1.98. The van der Waals surface area contributed by atoms with Crippen LogP contribution in [0.3, 0.4) is 0 Å². The maximum Gasteiger partial charge on any atom is 0.0726 e. The highest BCUT2D eigenvalue weighted by molar-refractivity contribution is 5.79. The van der Waals surface area contributed by atoms with Gasteiger partial charge in [-0.3, -0.25) is 5.10 Å². The molecule has 16 heavy (non-hydrogen) atoms. The summed E-state index contributed by atoms with van der Waals surface area (Å²) in [6, 6.07) is 8.48. The molecule has 0 radical (unpaired) electrons. The Morgan fingerprint density at radius 3 is 3.12 bits per heavy atom. The molecule has 0 spiro atoms. The van der Waals surface area contributed by atoms with E-state index in [0.29, 0.717) is 0 Å². The van der Waals surface area contributed by atoms with E-state index in [4.69, 9.17) is 0 Å². The third kappa shape index (κ3) is 1.65. The van der Waals surface area contributed by atoms with Gasteiger partial charge in [-0.1, -0.05) is 6.07 Å². The van der Waals surface area contributed by atoms with Gasteiger partial charge in [0.25, 0.3) is 0 Å². The molecule has 0 aliphatic rings. The van der Waals surface area contributed by atoms with E-state index >= 15 is 0 Å². The number of aromatic amines is 2. The van der Waals surface area contributed by atoms with E-state index in [1.807, 2.05) is 12.4 Å². The standard InChI is InChI=1S/C12H12N4/c1-2-12-10(3-4-13-12)5-9(1)6-14-11-7-15-16-8-11/h1-5,7-8,13-14H,6H2,(H,15,16). The smallest absolute Gasteiger partial charge is 0.0726 e. The van der Waals surface area contributed by atoms with E-state index in [1.54, 1.807) is 6.20 Å². The molecule has 0 fully saturated rings. The predicted octanol–water partition coefficient (Wildman–Crippen LogP) is 2.50. The quantitative estimate of drug-likeness (QED) is 0.624. The topological polar surface area (TPSA) is 56.5 Å². The minimum absolute atomic E-state index is 0.806. The Hall–Kier alpha value is -2.23. The fraction of sp³-hybridized carbons (Fsp3) is 0.0833. The summed E-state index contributed by atoms with van der Waals surface area (Å²) < 4.78 is 0. The minimum atomic E-state index is 0.806. The zero-order chi connectivity index (χ0) is 10.8. The van der Waals surface area contributed by atoms with Gasteiger partial charge < -0.3 is 10.3 Å². The average Bonchev–Trinajstić information content (AvgIpc) is 2.97. The van der Waals surface area contributed by atoms with E-state index < -0.39 is 0 Å². The number of H-pyrrole nitrogens is 2. The van der Waals surface area contributed by atoms with Gasteiger partial charge in [-0.2, -0.15) is 5.10 Å². The van der Waals surface area contributed by atoms with Crippen LogP contribution in [-0.2, 0) is 6.54 Å². The minimum Gasteiger partial charge on any atom is -0.378 e. The fourth-order valence-corrected chi connectivity index (χ4v) is 1.76. The van der Waals surface area contributed by atoms with Crippen molar-refractivity contribution < 1.29 is 0 Å². The second kappa shape index (κ2) is 3.73. The molecule has 4 heteroatoms. The number of aromatic nitrogens is 3. The highest BCUT2D eigenvalue weighted by Crippen LogP contribution is 2.15. The Bertz CT molecular complexity index is 580. The summed E-state index contributed by atoms with van der Waals surface area (Å²) >= 11 is 0. The number of anilines is 1. The van der Waals surface area contributed by atoms with Gasteiger partial charge in [-0.05, 0) is 29.1 Å². The van der Waals surface area contributed by atoms with Gasteiger partial charge in [-0.25, -0.2) is 0 Å². The van der Waals surface area contributed by atoms with Crippen LogP contribution in [0, 0.1) is 0 Å². The van der Waals surface area contributed by atoms with Crippen molar-refractivity contribution in [1.29, 1.82) is 0 Å². The lowest BCUT2D eigenvalue weighted by Gasteiger charge is -2.03. The van der Waals surface area contributed by atoms with Crippen LogP contribution in [0.2, 0.25) is 0 Å². The molecule has 4 nitrogen and oxygen atoms in total. The number of hydrogen-bond acceptors (Lipinski definition) is 2. The van der Waals surface area contributed by atoms with Crippen molar-refractivity contribution in [2.24, 2.45) is 0 Å². The number of rotatable bonds is 3. The van der Waals surface area contributed by atoms with Crippen molar-refractivity contribution in [3.8, 4) is 0 Å². The van der Waals surface area contributed by atoms with E-state index in [1.165, 1.54) is 16.5 Å². The zero-order valence-corrected chi connectivity index (χ0v) is 8.70. The Labute approximate surface area is 92.7 Å². The van der Waals surface area contributed by atoms with E-state index in [9.17, 15) is 0 Å². The van der Waals surface area contributed by atoms with Crippen LogP contribution in [0.15, 0.2) is 42.9 Å². The molecule has 80 valence electrons. The molecule has 2 aromatic heterocycles. The molecule has 0 unspecified atom stereocenters. The summed E-state index contributed by atoms with van der Waals surface area (Å²) in [5.74, 6) is 0. The average molecular weight is 212 g/mol. The lowest BCUT2D eigenvalue weighted by atomic mass is 10.1. The summed E-state index contributed by atoms with van der Waals surface area (Å²) in [7, 11) is 0. The monoisotopic (exact) mass is 212 g/mol. The molecule has 0 saturated heterocycles. The second-order valence-electron chi connectivity index (χ2n) is 3.74. The Balaban J connectivity index is 1.78. The van der Waals surface area contributed by atoms with Gasteiger partial charge in [0, 0.05) is 24.5 Å². The Morgan fingerprint density at radius 2 is 2.25 bits per heavy atom. The largest absolute Gasteiger partial charge is 0.378 e. The molecular formula is C12H12N4. The number of benzene rings is 1. The van der Waals surface area contributed by atoms with Crippen molar-refractivity contribution in [2.45, 2.75) is 6.54 Å². The zero-order valence-electron chi connectivity index (χ0n) is 8.70. The van der Waals surface area contributed by atoms with Crippen molar-refractivity contribution in [1.82, 2.24) is 15.2 Å². The van der Waals surface area contributed by atoms with Gasteiger partial charge in [-0.15, -0.1) is 0 Å². The molecule has 3 aromatic rings. The van der Waals surface area contributed by atoms with Crippen molar-refractivity contribution in [3.63, 3.8) is 0 Å². The lowest BCUT2D eigenvalue weighted by molar-refractivity contribution is 1.09. The van der Waals surface area contributed by atoms with Crippen LogP contribution >= 0.6 is 0 Å². The molecule has 0 aliphatic carbocycles. The molecule has 3 rings (SSSR count). The maximum atomic E-state index is 3.88. The number of nitrogens with one attached hydrogen (secondary N) is 3. The van der Waals surface area contributed by atoms with E-state index in [2.05, 4.69) is 44.8 Å². The summed E-state index contributed by atoms with van der Waals surface area (Å²) in [4.78, 5) is 3.18. The number of hydrogen-bond donors (Lipinski definition) is 3. The summed E-state index contributed by atoms with van der Waals surface area (Å²) in [6.07, 6.45) is 5.57. The van der Waals surface area contributed by atoms with E-state index in [0.717, 1.165) is 12.2 Å². The van der Waals surface area contributed by atoms with Crippen LogP contribution in [0.5, 0.6) is 0 Å². The number of nitrogens with zero attached hydrogens (tertiary/aromatic N) is 1. The molecule has 0 aliphatic heterocycles. The number of fused-ring (bicyclic) bond motifs is 1. The predicted molar refractivity (Wildman–Crippen MR) is 64.2 cm³/mol. The molecule has 0 amide bonds. The third-order valence-corrected chi connectivity index (χ3v) is 2.61. The first kappa shape index (κ1) is 9.03. The van der Waals surface area contributed by atoms with Gasteiger partial charge in [0.15, 0.2) is 0 Å². The molecular weight excluding hydrogens is 200 g/mol. The van der Waals surface area contributed by atoms with Gasteiger partial charge >= 0.3 is 0 Å². The van der Waals surface area contributed by atoms with Crippen molar-refractivity contribution >= 4 is 16.6 Å².